The Kier molecular flexibility index (Phi) is 4.99. The van der Waals surface area contributed by atoms with Crippen LogP contribution in [0, 0.1) is 0 Å². The van der Waals surface area contributed by atoms with E-state index in [0.717, 1.165) is 11.6 Å². The van der Waals surface area contributed by atoms with E-state index in [4.69, 9.17) is 11.6 Å². The van der Waals surface area contributed by atoms with Crippen molar-refractivity contribution in [3.63, 3.8) is 0 Å². The second kappa shape index (κ2) is 7.34. The van der Waals surface area contributed by atoms with E-state index in [2.05, 4.69) is 5.32 Å². The van der Waals surface area contributed by atoms with Crippen molar-refractivity contribution in [3.05, 3.63) is 81.5 Å². The first-order chi connectivity index (χ1) is 13.8. The Hall–Kier alpha value is -2.60. The molecule has 0 spiro atoms. The van der Waals surface area contributed by atoms with Crippen LogP contribution in [0.1, 0.15) is 47.8 Å². The fraction of sp³-hybridized carbons (Fsp3) is 0.273. The van der Waals surface area contributed by atoms with Gasteiger partial charge in [0.2, 0.25) is 5.91 Å². The zero-order valence-electron chi connectivity index (χ0n) is 15.2. The number of halogens is 4. The zero-order chi connectivity index (χ0) is 20.8. The molecule has 150 valence electrons. The van der Waals surface area contributed by atoms with Gasteiger partial charge in [0.25, 0.3) is 0 Å². The first-order valence-corrected chi connectivity index (χ1v) is 9.60. The number of carbonyl (C=O) groups excluding carboxylic acids is 2. The van der Waals surface area contributed by atoms with Crippen molar-refractivity contribution in [2.24, 2.45) is 0 Å². The van der Waals surface area contributed by atoms with Gasteiger partial charge in [-0.2, -0.15) is 13.2 Å². The average Bonchev–Trinajstić information content (AvgIpc) is 2.66. The van der Waals surface area contributed by atoms with Crippen LogP contribution < -0.4 is 5.32 Å². The molecule has 2 aromatic rings. The molecule has 7 heteroatoms. The Balaban J connectivity index is 1.78. The number of carbonyl (C=O) groups is 2. The Morgan fingerprint density at radius 2 is 1.55 bits per heavy atom. The molecular weight excluding hydrogens is 403 g/mol. The van der Waals surface area contributed by atoms with Crippen LogP contribution in [0.15, 0.2) is 59.8 Å². The Bertz CT molecular complexity index is 1030. The van der Waals surface area contributed by atoms with Gasteiger partial charge >= 0.3 is 6.18 Å². The summed E-state index contributed by atoms with van der Waals surface area (Å²) in [5.41, 5.74) is 0.634. The zero-order valence-corrected chi connectivity index (χ0v) is 16.0. The van der Waals surface area contributed by atoms with Crippen molar-refractivity contribution in [1.29, 1.82) is 0 Å². The van der Waals surface area contributed by atoms with Gasteiger partial charge in [0.05, 0.1) is 5.56 Å². The van der Waals surface area contributed by atoms with E-state index in [1.807, 2.05) is 12.1 Å². The molecule has 0 fully saturated rings. The molecule has 2 atom stereocenters. The molecular formula is C22H17ClF3NO2. The van der Waals surface area contributed by atoms with Gasteiger partial charge in [-0.25, -0.2) is 0 Å². The molecule has 0 saturated carbocycles. The number of hydrogen-bond donors (Lipinski definition) is 1. The summed E-state index contributed by atoms with van der Waals surface area (Å²) in [4.78, 5) is 25.4. The third-order valence-corrected chi connectivity index (χ3v) is 5.87. The summed E-state index contributed by atoms with van der Waals surface area (Å²) >= 11 is 6.26. The summed E-state index contributed by atoms with van der Waals surface area (Å²) < 4.78 is 40.6. The van der Waals surface area contributed by atoms with Crippen LogP contribution in [0.5, 0.6) is 0 Å². The number of rotatable bonds is 2. The van der Waals surface area contributed by atoms with E-state index < -0.39 is 23.6 Å². The molecule has 29 heavy (non-hydrogen) atoms. The summed E-state index contributed by atoms with van der Waals surface area (Å²) in [6.07, 6.45) is -4.26. The van der Waals surface area contributed by atoms with Crippen LogP contribution in [0.25, 0.3) is 0 Å². The topological polar surface area (TPSA) is 46.2 Å². The summed E-state index contributed by atoms with van der Waals surface area (Å²) in [5, 5.41) is 3.24. The minimum Gasteiger partial charge on any atom is -0.329 e. The number of alkyl halides is 3. The third-order valence-electron chi connectivity index (χ3n) is 5.52. The summed E-state index contributed by atoms with van der Waals surface area (Å²) in [6, 6.07) is 12.3. The van der Waals surface area contributed by atoms with Crippen molar-refractivity contribution in [1.82, 2.24) is 5.32 Å². The number of Topliss-reactive ketones (excluding diaryl/α,β-unsaturated/α-hetero) is 1. The highest BCUT2D eigenvalue weighted by Gasteiger charge is 2.42. The maximum atomic E-state index is 13.5. The van der Waals surface area contributed by atoms with E-state index in [9.17, 15) is 22.8 Å². The minimum absolute atomic E-state index is 0.0353. The van der Waals surface area contributed by atoms with Gasteiger partial charge in [0.15, 0.2) is 5.78 Å². The van der Waals surface area contributed by atoms with E-state index in [1.54, 1.807) is 12.1 Å². The van der Waals surface area contributed by atoms with Crippen molar-refractivity contribution in [2.45, 2.75) is 37.3 Å². The fourth-order valence-electron chi connectivity index (χ4n) is 4.31. The predicted molar refractivity (Wildman–Crippen MR) is 102 cm³/mol. The maximum absolute atomic E-state index is 13.5. The molecule has 4 rings (SSSR count). The molecule has 0 unspecified atom stereocenters. The van der Waals surface area contributed by atoms with Crippen LogP contribution >= 0.6 is 11.6 Å². The lowest BCUT2D eigenvalue weighted by Crippen LogP contribution is -2.38. The normalized spacial score (nSPS) is 22.3. The number of hydrogen-bond acceptors (Lipinski definition) is 2. The lowest BCUT2D eigenvalue weighted by atomic mass is 9.72. The molecule has 2 aliphatic rings. The van der Waals surface area contributed by atoms with Gasteiger partial charge in [-0.1, -0.05) is 48.0 Å². The van der Waals surface area contributed by atoms with Crippen LogP contribution in [-0.2, 0) is 15.8 Å². The van der Waals surface area contributed by atoms with E-state index in [0.29, 0.717) is 17.1 Å². The SMILES string of the molecule is O=C1C[C@H](c2ccccc2C(F)(F)F)C2=C(C[C@@H](c3ccccc3Cl)CC2=O)N1. The molecule has 1 amide bonds. The third kappa shape index (κ3) is 3.69. The number of ketones is 1. The van der Waals surface area contributed by atoms with Crippen molar-refractivity contribution >= 4 is 23.3 Å². The molecule has 3 nitrogen and oxygen atoms in total. The van der Waals surface area contributed by atoms with Gasteiger partial charge < -0.3 is 5.32 Å². The average molecular weight is 420 g/mol. The molecule has 1 aliphatic heterocycles. The Morgan fingerprint density at radius 3 is 2.24 bits per heavy atom. The molecule has 2 aromatic carbocycles. The Morgan fingerprint density at radius 1 is 0.897 bits per heavy atom. The second-order valence-electron chi connectivity index (χ2n) is 7.33. The van der Waals surface area contributed by atoms with Crippen LogP contribution in [0.4, 0.5) is 13.2 Å². The quantitative estimate of drug-likeness (QED) is 0.712. The van der Waals surface area contributed by atoms with E-state index in [-0.39, 0.29) is 35.7 Å². The van der Waals surface area contributed by atoms with Gasteiger partial charge in [-0.15, -0.1) is 0 Å². The smallest absolute Gasteiger partial charge is 0.329 e. The van der Waals surface area contributed by atoms with Crippen LogP contribution in [-0.4, -0.2) is 11.7 Å². The number of nitrogens with one attached hydrogen (secondary N) is 1. The van der Waals surface area contributed by atoms with Gasteiger partial charge in [0, 0.05) is 35.1 Å². The first-order valence-electron chi connectivity index (χ1n) is 9.22. The van der Waals surface area contributed by atoms with Crippen molar-refractivity contribution < 1.29 is 22.8 Å². The second-order valence-corrected chi connectivity index (χ2v) is 7.74. The lowest BCUT2D eigenvalue weighted by molar-refractivity contribution is -0.138. The number of amides is 1. The van der Waals surface area contributed by atoms with Crippen LogP contribution in [0.2, 0.25) is 5.02 Å². The highest BCUT2D eigenvalue weighted by Crippen LogP contribution is 2.46. The number of allylic oxidation sites excluding steroid dienone is 2. The predicted octanol–water partition coefficient (Wildman–Crippen LogP) is 5.36. The molecule has 0 saturated heterocycles. The van der Waals surface area contributed by atoms with E-state index in [1.165, 1.54) is 18.2 Å². The van der Waals surface area contributed by atoms with Crippen molar-refractivity contribution in [2.75, 3.05) is 0 Å². The van der Waals surface area contributed by atoms with Gasteiger partial charge in [-0.05, 0) is 35.6 Å². The first kappa shape index (κ1) is 19.7. The van der Waals surface area contributed by atoms with Crippen LogP contribution in [0.3, 0.4) is 0 Å². The fourth-order valence-corrected chi connectivity index (χ4v) is 4.60. The highest BCUT2D eigenvalue weighted by molar-refractivity contribution is 6.31. The summed E-state index contributed by atoms with van der Waals surface area (Å²) in [5.74, 6) is -1.78. The summed E-state index contributed by atoms with van der Waals surface area (Å²) in [6.45, 7) is 0. The monoisotopic (exact) mass is 419 g/mol. The largest absolute Gasteiger partial charge is 0.416 e. The standard InChI is InChI=1S/C22H17ClF3NO2/c23-17-8-4-2-5-13(17)12-9-18-21(19(28)10-12)15(11-20(29)27-18)14-6-1-3-7-16(14)22(24,25)26/h1-8,12,15H,9-11H2,(H,27,29)/t12-,15-/m1/s1. The molecule has 1 aliphatic carbocycles. The summed E-state index contributed by atoms with van der Waals surface area (Å²) in [7, 11) is 0. The maximum Gasteiger partial charge on any atom is 0.416 e. The van der Waals surface area contributed by atoms with E-state index >= 15 is 0 Å². The molecule has 1 N–H and O–H groups in total. The molecule has 0 radical (unpaired) electrons. The van der Waals surface area contributed by atoms with Gasteiger partial charge in [-0.3, -0.25) is 9.59 Å². The number of benzene rings is 2. The Labute approximate surface area is 170 Å². The van der Waals surface area contributed by atoms with Crippen molar-refractivity contribution in [3.8, 4) is 0 Å². The highest BCUT2D eigenvalue weighted by atomic mass is 35.5. The molecule has 0 aromatic heterocycles. The molecule has 1 heterocycles. The minimum atomic E-state index is -4.57. The molecule has 0 bridgehead atoms. The van der Waals surface area contributed by atoms with Gasteiger partial charge in [0.1, 0.15) is 0 Å². The lowest BCUT2D eigenvalue weighted by Gasteiger charge is -2.35.